The molecule has 0 unspecified atom stereocenters. The van der Waals surface area contributed by atoms with Crippen LogP contribution in [-0.2, 0) is 4.79 Å². The molecule has 1 amide bonds. The summed E-state index contributed by atoms with van der Waals surface area (Å²) in [5.74, 6) is 0.0163. The summed E-state index contributed by atoms with van der Waals surface area (Å²) in [6.07, 6.45) is 0. The van der Waals surface area contributed by atoms with Crippen molar-refractivity contribution in [1.29, 1.82) is 0 Å². The van der Waals surface area contributed by atoms with Gasteiger partial charge in [-0.05, 0) is 45.5 Å². The van der Waals surface area contributed by atoms with Gasteiger partial charge in [0.25, 0.3) is 0 Å². The van der Waals surface area contributed by atoms with Crippen molar-refractivity contribution >= 4 is 27.5 Å². The second kappa shape index (κ2) is 5.65. The maximum atomic E-state index is 12.1. The number of benzene rings is 1. The topological polar surface area (TPSA) is 41.1 Å². The molecule has 17 heavy (non-hydrogen) atoms. The molecule has 0 spiro atoms. The number of hydrogen-bond donors (Lipinski definition) is 2. The lowest BCUT2D eigenvalue weighted by atomic mass is 9.92. The minimum absolute atomic E-state index is 0.0163. The van der Waals surface area contributed by atoms with Crippen LogP contribution >= 0.6 is 15.9 Å². The van der Waals surface area contributed by atoms with Crippen LogP contribution in [0.15, 0.2) is 22.7 Å². The van der Waals surface area contributed by atoms with Crippen molar-refractivity contribution in [3.8, 4) is 0 Å². The van der Waals surface area contributed by atoms with Gasteiger partial charge in [0.2, 0.25) is 5.91 Å². The number of carbonyl (C=O) groups excluding carboxylic acids is 1. The van der Waals surface area contributed by atoms with Gasteiger partial charge in [-0.15, -0.1) is 0 Å². The van der Waals surface area contributed by atoms with Crippen molar-refractivity contribution in [1.82, 2.24) is 5.32 Å². The first-order valence-electron chi connectivity index (χ1n) is 5.59. The van der Waals surface area contributed by atoms with Crippen LogP contribution in [0.5, 0.6) is 0 Å². The van der Waals surface area contributed by atoms with Crippen molar-refractivity contribution in [2.75, 3.05) is 18.9 Å². The molecule has 2 N–H and O–H groups in total. The maximum Gasteiger partial charge on any atom is 0.231 e. The van der Waals surface area contributed by atoms with Crippen molar-refractivity contribution in [3.63, 3.8) is 0 Å². The molecule has 0 fully saturated rings. The molecule has 0 saturated carbocycles. The monoisotopic (exact) mass is 298 g/mol. The van der Waals surface area contributed by atoms with Crippen molar-refractivity contribution in [2.24, 2.45) is 5.41 Å². The average Bonchev–Trinajstić information content (AvgIpc) is 2.23. The zero-order chi connectivity index (χ0) is 13.1. The van der Waals surface area contributed by atoms with Gasteiger partial charge >= 0.3 is 0 Å². The van der Waals surface area contributed by atoms with Crippen molar-refractivity contribution in [2.45, 2.75) is 20.8 Å². The standard InChI is InChI=1S/C13H19BrN2O/c1-9-5-6-10(7-11(9)14)16-12(17)13(2,3)8-15-4/h5-7,15H,8H2,1-4H3,(H,16,17). The fraction of sp³-hybridized carbons (Fsp3) is 0.462. The highest BCUT2D eigenvalue weighted by Crippen LogP contribution is 2.23. The van der Waals surface area contributed by atoms with E-state index in [0.717, 1.165) is 15.7 Å². The molecule has 94 valence electrons. The normalized spacial score (nSPS) is 11.4. The zero-order valence-electron chi connectivity index (χ0n) is 10.7. The largest absolute Gasteiger partial charge is 0.326 e. The molecule has 0 aromatic heterocycles. The lowest BCUT2D eigenvalue weighted by molar-refractivity contribution is -0.123. The number of anilines is 1. The Morgan fingerprint density at radius 3 is 2.59 bits per heavy atom. The molecular formula is C13H19BrN2O. The number of rotatable bonds is 4. The average molecular weight is 299 g/mol. The number of nitrogens with one attached hydrogen (secondary N) is 2. The van der Waals surface area contributed by atoms with Crippen LogP contribution in [-0.4, -0.2) is 19.5 Å². The predicted molar refractivity (Wildman–Crippen MR) is 75.2 cm³/mol. The summed E-state index contributed by atoms with van der Waals surface area (Å²) in [7, 11) is 1.84. The summed E-state index contributed by atoms with van der Waals surface area (Å²) in [6.45, 7) is 6.50. The Balaban J connectivity index is 2.77. The third kappa shape index (κ3) is 3.82. The lowest BCUT2D eigenvalue weighted by Gasteiger charge is -2.23. The Bertz CT molecular complexity index is 416. The van der Waals surface area contributed by atoms with Crippen molar-refractivity contribution < 1.29 is 4.79 Å². The van der Waals surface area contributed by atoms with E-state index >= 15 is 0 Å². The molecule has 0 atom stereocenters. The van der Waals surface area contributed by atoms with E-state index in [1.54, 1.807) is 0 Å². The fourth-order valence-electron chi connectivity index (χ4n) is 1.49. The number of aryl methyl sites for hydroxylation is 1. The first kappa shape index (κ1) is 14.2. The van der Waals surface area contributed by atoms with Gasteiger partial charge in [-0.25, -0.2) is 0 Å². The SMILES string of the molecule is CNCC(C)(C)C(=O)Nc1ccc(C)c(Br)c1. The fourth-order valence-corrected chi connectivity index (χ4v) is 1.87. The number of carbonyl (C=O) groups is 1. The molecule has 0 aliphatic carbocycles. The minimum atomic E-state index is -0.424. The van der Waals surface area contributed by atoms with Crippen LogP contribution in [0.1, 0.15) is 19.4 Å². The molecule has 0 radical (unpaired) electrons. The quantitative estimate of drug-likeness (QED) is 0.897. The zero-order valence-corrected chi connectivity index (χ0v) is 12.3. The van der Waals surface area contributed by atoms with Crippen LogP contribution in [0.2, 0.25) is 0 Å². The second-order valence-corrected chi connectivity index (χ2v) is 5.69. The molecule has 4 heteroatoms. The molecule has 0 heterocycles. The molecule has 1 aromatic rings. The molecule has 1 rings (SSSR count). The summed E-state index contributed by atoms with van der Waals surface area (Å²) < 4.78 is 1.00. The van der Waals surface area contributed by atoms with Crippen LogP contribution in [0.4, 0.5) is 5.69 Å². The Hall–Kier alpha value is -0.870. The van der Waals surface area contributed by atoms with E-state index < -0.39 is 5.41 Å². The van der Waals surface area contributed by atoms with Crippen LogP contribution in [0, 0.1) is 12.3 Å². The second-order valence-electron chi connectivity index (χ2n) is 4.83. The van der Waals surface area contributed by atoms with E-state index in [0.29, 0.717) is 6.54 Å². The molecule has 0 aliphatic heterocycles. The third-order valence-corrected chi connectivity index (χ3v) is 3.52. The molecule has 3 nitrogen and oxygen atoms in total. The van der Waals surface area contributed by atoms with E-state index in [2.05, 4.69) is 26.6 Å². The Morgan fingerprint density at radius 1 is 1.41 bits per heavy atom. The van der Waals surface area contributed by atoms with Gasteiger partial charge in [-0.1, -0.05) is 22.0 Å². The van der Waals surface area contributed by atoms with E-state index in [1.165, 1.54) is 0 Å². The first-order chi connectivity index (χ1) is 7.86. The summed E-state index contributed by atoms with van der Waals surface area (Å²) in [5, 5.41) is 5.95. The summed E-state index contributed by atoms with van der Waals surface area (Å²) in [6, 6.07) is 5.81. The number of hydrogen-bond acceptors (Lipinski definition) is 2. The van der Waals surface area contributed by atoms with Gasteiger partial charge in [-0.2, -0.15) is 0 Å². The smallest absolute Gasteiger partial charge is 0.231 e. The summed E-state index contributed by atoms with van der Waals surface area (Å²) >= 11 is 3.45. The van der Waals surface area contributed by atoms with Crippen LogP contribution in [0.3, 0.4) is 0 Å². The van der Waals surface area contributed by atoms with Gasteiger partial charge in [0.05, 0.1) is 5.41 Å². The highest BCUT2D eigenvalue weighted by molar-refractivity contribution is 9.10. The Morgan fingerprint density at radius 2 is 2.06 bits per heavy atom. The highest BCUT2D eigenvalue weighted by atomic mass is 79.9. The van der Waals surface area contributed by atoms with Gasteiger partial charge in [0.15, 0.2) is 0 Å². The summed E-state index contributed by atoms with van der Waals surface area (Å²) in [4.78, 5) is 12.1. The van der Waals surface area contributed by atoms with Crippen molar-refractivity contribution in [3.05, 3.63) is 28.2 Å². The molecular weight excluding hydrogens is 280 g/mol. The maximum absolute atomic E-state index is 12.1. The highest BCUT2D eigenvalue weighted by Gasteiger charge is 2.26. The Labute approximate surface area is 111 Å². The predicted octanol–water partition coefficient (Wildman–Crippen LogP) is 2.94. The molecule has 0 saturated heterocycles. The number of halogens is 1. The van der Waals surface area contributed by atoms with E-state index in [4.69, 9.17) is 0 Å². The van der Waals surface area contributed by atoms with Gasteiger partial charge < -0.3 is 10.6 Å². The summed E-state index contributed by atoms with van der Waals surface area (Å²) in [5.41, 5.74) is 1.54. The lowest BCUT2D eigenvalue weighted by Crippen LogP contribution is -2.38. The minimum Gasteiger partial charge on any atom is -0.326 e. The number of amides is 1. The molecule has 0 aliphatic rings. The van der Waals surface area contributed by atoms with E-state index in [1.807, 2.05) is 46.0 Å². The van der Waals surface area contributed by atoms with Gasteiger partial charge in [0.1, 0.15) is 0 Å². The van der Waals surface area contributed by atoms with E-state index in [-0.39, 0.29) is 5.91 Å². The van der Waals surface area contributed by atoms with Crippen LogP contribution < -0.4 is 10.6 Å². The Kier molecular flexibility index (Phi) is 4.71. The first-order valence-corrected chi connectivity index (χ1v) is 6.38. The molecule has 0 bridgehead atoms. The van der Waals surface area contributed by atoms with Gasteiger partial charge in [0, 0.05) is 16.7 Å². The van der Waals surface area contributed by atoms with Gasteiger partial charge in [-0.3, -0.25) is 4.79 Å². The van der Waals surface area contributed by atoms with Crippen LogP contribution in [0.25, 0.3) is 0 Å². The third-order valence-electron chi connectivity index (χ3n) is 2.66. The van der Waals surface area contributed by atoms with E-state index in [9.17, 15) is 4.79 Å². The molecule has 1 aromatic carbocycles.